The number of ether oxygens (including phenoxy) is 8. The number of allylic oxidation sites excluding steroid dienone is 1. The molecule has 4 saturated heterocycles. The van der Waals surface area contributed by atoms with Crippen molar-refractivity contribution in [1.82, 2.24) is 0 Å². The molecular formula is C56H92O23. The van der Waals surface area contributed by atoms with Gasteiger partial charge in [0, 0.05) is 17.3 Å². The second-order valence-electron chi connectivity index (χ2n) is 26.0. The standard InChI is InChI=1S/C56H92O23/c1-25(11-15-38(53(4,5)71)79-51-47(70)44(67)40(63)33(77-51)23-72-48-30(60)20-29(59)31(74-48)10-9-19-57)26-17-18-54(6)35-14-12-27-28(56(35,8)36(61)21-55(26,54)7)13-16-37(52(27,2)3)78-50-46(69)43(66)41(64)34(76-50)24-73-49-45(68)42(65)39(62)32(22-58)75-49/h10,12,19,25-26,28-51,57-71H,11,13-18,20-24H2,1-8H3/t9?,25-,26?,28?,29+,30-,31?,32-,33-,34-,35?,36-,37+,38-,39-,40-,41-,42+,43+,44+,45-,46-,47-,48-,49-,50+,51+,54+,55-,56+/m1/s1. The first-order valence-corrected chi connectivity index (χ1v) is 28.4. The molecular weight excluding hydrogens is 1040 g/mol. The van der Waals surface area contributed by atoms with Gasteiger partial charge >= 0.3 is 0 Å². The van der Waals surface area contributed by atoms with Crippen LogP contribution >= 0.6 is 0 Å². The monoisotopic (exact) mass is 1130 g/mol. The lowest BCUT2D eigenvalue weighted by Crippen LogP contribution is -2.65. The fraction of sp³-hybridized carbons (Fsp3) is 0.911. The van der Waals surface area contributed by atoms with Crippen molar-refractivity contribution in [1.29, 1.82) is 0 Å². The molecule has 0 amide bonds. The van der Waals surface area contributed by atoms with Crippen LogP contribution in [0.3, 0.4) is 0 Å². The van der Waals surface area contributed by atoms with E-state index in [0.29, 0.717) is 44.8 Å². The predicted molar refractivity (Wildman–Crippen MR) is 274 cm³/mol. The normalized spacial score (nSPS) is 49.8. The molecule has 4 heterocycles. The van der Waals surface area contributed by atoms with E-state index in [1.165, 1.54) is 6.08 Å². The Morgan fingerprint density at radius 3 is 1.86 bits per heavy atom. The van der Waals surface area contributed by atoms with Gasteiger partial charge in [-0.2, -0.15) is 0 Å². The van der Waals surface area contributed by atoms with Gasteiger partial charge in [-0.3, -0.25) is 0 Å². The zero-order valence-electron chi connectivity index (χ0n) is 46.7. The SMILES string of the molecule is C[C@H](CC[C@@H](O[C@@H]1O[C@H](CO[C@@H]2OC(C=C=CO)[C@@H](O)C[C@H]2O)[C@@H](O)[C@H](O)[C@H]1O)C(C)(C)O)C1CC[C@@]2(C)C3CC=C4C(CC[C@H](O[C@@H]5O[C@H](CO[C@@H]6O[C@H](CO)[C@@H](O)[C@H](O)[C@H]6O)[C@@H](O)[C@H](O)[C@H]5O)C4(C)C)[C@]3(C)[C@H](O)C[C@]12C. The van der Waals surface area contributed by atoms with Gasteiger partial charge in [-0.15, -0.1) is 0 Å². The van der Waals surface area contributed by atoms with Crippen molar-refractivity contribution >= 4 is 0 Å². The van der Waals surface area contributed by atoms with Crippen molar-refractivity contribution in [3.8, 4) is 0 Å². The largest absolute Gasteiger partial charge is 0.507 e. The fourth-order valence-corrected chi connectivity index (χ4v) is 15.6. The predicted octanol–water partition coefficient (Wildman–Crippen LogP) is -0.968. The van der Waals surface area contributed by atoms with Crippen molar-refractivity contribution in [3.63, 3.8) is 0 Å². The topological polar surface area (TPSA) is 377 Å². The van der Waals surface area contributed by atoms with Crippen LogP contribution in [0.15, 0.2) is 29.7 Å². The Morgan fingerprint density at radius 2 is 1.25 bits per heavy atom. The van der Waals surface area contributed by atoms with E-state index in [4.69, 9.17) is 43.0 Å². The minimum atomic E-state index is -1.73. The Balaban J connectivity index is 0.906. The van der Waals surface area contributed by atoms with E-state index in [9.17, 15) is 71.5 Å². The van der Waals surface area contributed by atoms with Crippen molar-refractivity contribution in [2.75, 3.05) is 19.8 Å². The molecule has 4 unspecified atom stereocenters. The molecule has 4 aliphatic heterocycles. The second-order valence-corrected chi connectivity index (χ2v) is 26.0. The van der Waals surface area contributed by atoms with Gasteiger partial charge in [-0.05, 0) is 106 Å². The highest BCUT2D eigenvalue weighted by atomic mass is 16.7. The fourth-order valence-electron chi connectivity index (χ4n) is 15.6. The summed E-state index contributed by atoms with van der Waals surface area (Å²) in [4.78, 5) is 0. The van der Waals surface area contributed by atoms with Crippen LogP contribution in [0.4, 0.5) is 0 Å². The van der Waals surface area contributed by atoms with Crippen LogP contribution in [0, 0.1) is 45.3 Å². The van der Waals surface area contributed by atoms with Gasteiger partial charge in [0.2, 0.25) is 0 Å². The van der Waals surface area contributed by atoms with E-state index < -0.39 is 171 Å². The molecule has 79 heavy (non-hydrogen) atoms. The number of hydrogen-bond donors (Lipinski definition) is 15. The lowest BCUT2D eigenvalue weighted by molar-refractivity contribution is -0.340. The van der Waals surface area contributed by atoms with E-state index >= 15 is 0 Å². The van der Waals surface area contributed by atoms with Gasteiger partial charge in [0.25, 0.3) is 0 Å². The van der Waals surface area contributed by atoms with Crippen molar-refractivity contribution < 1.29 is 114 Å². The first kappa shape index (κ1) is 63.2. The van der Waals surface area contributed by atoms with Crippen molar-refractivity contribution in [2.24, 2.45) is 45.3 Å². The lowest BCUT2D eigenvalue weighted by atomic mass is 9.38. The van der Waals surface area contributed by atoms with Crippen LogP contribution in [-0.2, 0) is 37.9 Å². The van der Waals surface area contributed by atoms with Crippen LogP contribution < -0.4 is 0 Å². The smallest absolute Gasteiger partial charge is 0.187 e. The quantitative estimate of drug-likeness (QED) is 0.0473. The molecule has 4 aliphatic carbocycles. The van der Waals surface area contributed by atoms with Gasteiger partial charge in [0.15, 0.2) is 25.2 Å². The molecule has 8 aliphatic rings. The van der Waals surface area contributed by atoms with E-state index in [1.807, 2.05) is 0 Å². The highest BCUT2D eigenvalue weighted by Gasteiger charge is 2.70. The minimum absolute atomic E-state index is 0.0166. The molecule has 0 bridgehead atoms. The molecule has 15 N–H and O–H groups in total. The first-order valence-electron chi connectivity index (χ1n) is 28.4. The summed E-state index contributed by atoms with van der Waals surface area (Å²) in [6.07, 6.45) is -20.7. The summed E-state index contributed by atoms with van der Waals surface area (Å²) >= 11 is 0. The summed E-state index contributed by atoms with van der Waals surface area (Å²) < 4.78 is 47.4. The van der Waals surface area contributed by atoms with Crippen LogP contribution in [0.1, 0.15) is 113 Å². The molecule has 0 radical (unpaired) electrons. The number of rotatable bonds is 17. The Bertz CT molecular complexity index is 2130. The maximum Gasteiger partial charge on any atom is 0.187 e. The molecule has 23 nitrogen and oxygen atoms in total. The third-order valence-electron chi connectivity index (χ3n) is 20.7. The highest BCUT2D eigenvalue weighted by Crippen LogP contribution is 2.75. The molecule has 0 aromatic heterocycles. The average molecular weight is 1130 g/mol. The zero-order chi connectivity index (χ0) is 58.1. The third kappa shape index (κ3) is 11.7. The van der Waals surface area contributed by atoms with E-state index in [1.54, 1.807) is 13.8 Å². The van der Waals surface area contributed by atoms with Crippen LogP contribution in [-0.4, -0.2) is 237 Å². The molecule has 3 saturated carbocycles. The molecule has 29 atom stereocenters. The van der Waals surface area contributed by atoms with Crippen molar-refractivity contribution in [2.45, 2.75) is 254 Å². The number of aliphatic hydroxyl groups is 15. The molecule has 7 fully saturated rings. The summed E-state index contributed by atoms with van der Waals surface area (Å²) in [6.45, 7) is 14.8. The van der Waals surface area contributed by atoms with Gasteiger partial charge in [-0.1, -0.05) is 58.9 Å². The molecule has 0 spiro atoms. The van der Waals surface area contributed by atoms with Gasteiger partial charge in [0.1, 0.15) is 91.7 Å². The van der Waals surface area contributed by atoms with Gasteiger partial charge in [-0.25, -0.2) is 0 Å². The second kappa shape index (κ2) is 24.3. The molecule has 8 rings (SSSR count). The summed E-state index contributed by atoms with van der Waals surface area (Å²) in [5, 5.41) is 161. The maximum atomic E-state index is 12.7. The van der Waals surface area contributed by atoms with E-state index in [-0.39, 0.29) is 40.9 Å². The summed E-state index contributed by atoms with van der Waals surface area (Å²) in [7, 11) is 0. The van der Waals surface area contributed by atoms with Crippen LogP contribution in [0.5, 0.6) is 0 Å². The van der Waals surface area contributed by atoms with E-state index in [2.05, 4.69) is 53.3 Å². The van der Waals surface area contributed by atoms with E-state index in [0.717, 1.165) is 18.4 Å². The Kier molecular flexibility index (Phi) is 19.4. The van der Waals surface area contributed by atoms with Gasteiger partial charge in [0.05, 0.1) is 49.8 Å². The summed E-state index contributed by atoms with van der Waals surface area (Å²) in [6, 6.07) is 0. The molecule has 454 valence electrons. The van der Waals surface area contributed by atoms with Gasteiger partial charge < -0.3 is 114 Å². The first-order chi connectivity index (χ1) is 37.0. The Hall–Kier alpha value is -1.82. The number of fused-ring (bicyclic) bond motifs is 5. The third-order valence-corrected chi connectivity index (χ3v) is 20.7. The lowest BCUT2D eigenvalue weighted by Gasteiger charge is -2.67. The van der Waals surface area contributed by atoms with Crippen molar-refractivity contribution in [3.05, 3.63) is 29.7 Å². The molecule has 0 aromatic rings. The number of hydrogen-bond acceptors (Lipinski definition) is 23. The Labute approximate surface area is 462 Å². The zero-order valence-corrected chi connectivity index (χ0v) is 46.7. The summed E-state index contributed by atoms with van der Waals surface area (Å²) in [5.41, 5.74) is 0.463. The summed E-state index contributed by atoms with van der Waals surface area (Å²) in [5.74, 6) is 0.356. The molecule has 23 heteroatoms. The highest BCUT2D eigenvalue weighted by molar-refractivity contribution is 5.32. The Morgan fingerprint density at radius 1 is 0.684 bits per heavy atom. The maximum absolute atomic E-state index is 12.7. The van der Waals surface area contributed by atoms with Crippen LogP contribution in [0.25, 0.3) is 0 Å². The molecule has 0 aromatic carbocycles. The number of aliphatic hydroxyl groups excluding tert-OH is 14. The minimum Gasteiger partial charge on any atom is -0.507 e. The van der Waals surface area contributed by atoms with Crippen LogP contribution in [0.2, 0.25) is 0 Å². The average Bonchev–Trinajstić information content (AvgIpc) is 2.87.